The van der Waals surface area contributed by atoms with Crippen LogP contribution in [-0.2, 0) is 4.79 Å². The molecule has 0 aliphatic heterocycles. The van der Waals surface area contributed by atoms with E-state index in [-0.39, 0.29) is 6.42 Å². The fraction of sp³-hybridized carbons (Fsp3) is 0.800. The van der Waals surface area contributed by atoms with E-state index in [1.165, 1.54) is 51.4 Å². The molecule has 0 amide bonds. The number of halogens is 1. The first-order valence-corrected chi connectivity index (χ1v) is 8.32. The highest BCUT2D eigenvalue weighted by Crippen LogP contribution is 2.10. The summed E-state index contributed by atoms with van der Waals surface area (Å²) in [6.07, 6.45) is 16.8. The molecule has 2 nitrogen and oxygen atoms in total. The van der Waals surface area contributed by atoms with E-state index in [4.69, 9.17) is 5.11 Å². The summed E-state index contributed by atoms with van der Waals surface area (Å²) in [4.78, 5) is 10.3. The predicted octanol–water partition coefficient (Wildman–Crippen LogP) is 5.31. The molecule has 0 unspecified atom stereocenters. The molecule has 0 aliphatic rings. The van der Waals surface area contributed by atoms with Crippen molar-refractivity contribution in [3.63, 3.8) is 0 Å². The zero-order valence-corrected chi connectivity index (χ0v) is 13.0. The maximum Gasteiger partial charge on any atom is 0.303 e. The zero-order valence-electron chi connectivity index (χ0n) is 11.4. The van der Waals surface area contributed by atoms with Gasteiger partial charge in [0.25, 0.3) is 0 Å². The SMILES string of the molecule is O=C(O)CCC=CCCCCCCCCCCBr. The summed E-state index contributed by atoms with van der Waals surface area (Å²) >= 11 is 3.45. The molecule has 0 heterocycles. The number of unbranched alkanes of at least 4 members (excludes halogenated alkanes) is 8. The van der Waals surface area contributed by atoms with Gasteiger partial charge in [-0.2, -0.15) is 0 Å². The molecule has 0 aromatic rings. The van der Waals surface area contributed by atoms with Gasteiger partial charge in [-0.25, -0.2) is 0 Å². The summed E-state index contributed by atoms with van der Waals surface area (Å²) < 4.78 is 0. The van der Waals surface area contributed by atoms with Crippen LogP contribution in [-0.4, -0.2) is 16.4 Å². The average Bonchev–Trinajstić information content (AvgIpc) is 2.34. The number of carboxylic acid groups (broad SMARTS) is 1. The number of allylic oxidation sites excluding steroid dienone is 2. The van der Waals surface area contributed by atoms with Crippen molar-refractivity contribution in [1.29, 1.82) is 0 Å². The molecule has 1 N–H and O–H groups in total. The highest BCUT2D eigenvalue weighted by Gasteiger charge is 1.92. The van der Waals surface area contributed by atoms with Gasteiger partial charge in [-0.05, 0) is 25.7 Å². The van der Waals surface area contributed by atoms with Crippen LogP contribution in [0.2, 0.25) is 0 Å². The quantitative estimate of drug-likeness (QED) is 0.284. The van der Waals surface area contributed by atoms with E-state index in [1.807, 2.05) is 6.08 Å². The lowest BCUT2D eigenvalue weighted by atomic mass is 10.1. The summed E-state index contributed by atoms with van der Waals surface area (Å²) in [5, 5.41) is 9.59. The fourth-order valence-corrected chi connectivity index (χ4v) is 2.26. The Balaban J connectivity index is 3.04. The molecule has 106 valence electrons. The van der Waals surface area contributed by atoms with E-state index in [1.54, 1.807) is 0 Å². The van der Waals surface area contributed by atoms with Crippen LogP contribution < -0.4 is 0 Å². The number of hydrogen-bond acceptors (Lipinski definition) is 1. The highest BCUT2D eigenvalue weighted by atomic mass is 79.9. The standard InChI is InChI=1S/C15H27BrO2/c16-14-12-10-8-6-4-2-1-3-5-7-9-11-13-15(17)18/h7,9H,1-6,8,10-14H2,(H,17,18). The molecule has 18 heavy (non-hydrogen) atoms. The summed E-state index contributed by atoms with van der Waals surface area (Å²) in [6.45, 7) is 0. The lowest BCUT2D eigenvalue weighted by molar-refractivity contribution is -0.136. The van der Waals surface area contributed by atoms with E-state index >= 15 is 0 Å². The molecule has 0 aromatic heterocycles. The van der Waals surface area contributed by atoms with Crippen molar-refractivity contribution in [3.8, 4) is 0 Å². The molecular weight excluding hydrogens is 292 g/mol. The van der Waals surface area contributed by atoms with E-state index in [0.717, 1.165) is 11.8 Å². The number of alkyl halides is 1. The second-order valence-corrected chi connectivity index (χ2v) is 5.50. The molecule has 0 saturated carbocycles. The Bertz CT molecular complexity index is 215. The maximum atomic E-state index is 10.3. The Kier molecular flexibility index (Phi) is 14.5. The first-order chi connectivity index (χ1) is 8.77. The molecule has 0 atom stereocenters. The second kappa shape index (κ2) is 14.7. The smallest absolute Gasteiger partial charge is 0.303 e. The first kappa shape index (κ1) is 17.7. The van der Waals surface area contributed by atoms with Crippen molar-refractivity contribution in [2.45, 2.75) is 70.6 Å². The number of carboxylic acids is 1. The van der Waals surface area contributed by atoms with E-state index in [0.29, 0.717) is 6.42 Å². The van der Waals surface area contributed by atoms with Gasteiger partial charge >= 0.3 is 5.97 Å². The third-order valence-electron chi connectivity index (χ3n) is 2.95. The van der Waals surface area contributed by atoms with Gasteiger partial charge in [0.2, 0.25) is 0 Å². The van der Waals surface area contributed by atoms with Crippen LogP contribution in [0.5, 0.6) is 0 Å². The largest absolute Gasteiger partial charge is 0.481 e. The van der Waals surface area contributed by atoms with Crippen LogP contribution >= 0.6 is 15.9 Å². The molecule has 0 rings (SSSR count). The molecule has 0 saturated heterocycles. The summed E-state index contributed by atoms with van der Waals surface area (Å²) in [6, 6.07) is 0. The van der Waals surface area contributed by atoms with Gasteiger partial charge in [-0.3, -0.25) is 4.79 Å². The number of carbonyl (C=O) groups is 1. The summed E-state index contributed by atoms with van der Waals surface area (Å²) in [5.41, 5.74) is 0. The Hall–Kier alpha value is -0.310. The molecule has 0 spiro atoms. The minimum atomic E-state index is -0.709. The first-order valence-electron chi connectivity index (χ1n) is 7.20. The second-order valence-electron chi connectivity index (χ2n) is 4.71. The number of aliphatic carboxylic acids is 1. The van der Waals surface area contributed by atoms with E-state index in [2.05, 4.69) is 22.0 Å². The van der Waals surface area contributed by atoms with Crippen LogP contribution in [0.25, 0.3) is 0 Å². The lowest BCUT2D eigenvalue weighted by Gasteiger charge is -2.00. The summed E-state index contributed by atoms with van der Waals surface area (Å²) in [7, 11) is 0. The van der Waals surface area contributed by atoms with Crippen molar-refractivity contribution in [2.75, 3.05) is 5.33 Å². The molecule has 0 bridgehead atoms. The summed E-state index contributed by atoms with van der Waals surface area (Å²) in [5.74, 6) is -0.709. The minimum absolute atomic E-state index is 0.255. The highest BCUT2D eigenvalue weighted by molar-refractivity contribution is 9.09. The molecule has 0 aliphatic carbocycles. The van der Waals surface area contributed by atoms with Crippen LogP contribution in [0.3, 0.4) is 0 Å². The van der Waals surface area contributed by atoms with E-state index < -0.39 is 5.97 Å². The fourth-order valence-electron chi connectivity index (χ4n) is 1.86. The van der Waals surface area contributed by atoms with Crippen LogP contribution in [0.1, 0.15) is 70.6 Å². The third kappa shape index (κ3) is 15.7. The van der Waals surface area contributed by atoms with Gasteiger partial charge in [-0.15, -0.1) is 0 Å². The molecule has 0 fully saturated rings. The predicted molar refractivity (Wildman–Crippen MR) is 81.4 cm³/mol. The van der Waals surface area contributed by atoms with E-state index in [9.17, 15) is 4.79 Å². The van der Waals surface area contributed by atoms with Crippen molar-refractivity contribution >= 4 is 21.9 Å². The van der Waals surface area contributed by atoms with Crippen molar-refractivity contribution in [2.24, 2.45) is 0 Å². The molecule has 3 heteroatoms. The van der Waals surface area contributed by atoms with Crippen LogP contribution in [0, 0.1) is 0 Å². The average molecular weight is 319 g/mol. The Morgan fingerprint density at radius 1 is 0.833 bits per heavy atom. The van der Waals surface area contributed by atoms with Crippen LogP contribution in [0.15, 0.2) is 12.2 Å². The number of hydrogen-bond donors (Lipinski definition) is 1. The monoisotopic (exact) mass is 318 g/mol. The Morgan fingerprint density at radius 3 is 1.89 bits per heavy atom. The van der Waals surface area contributed by atoms with Gasteiger partial charge in [0.15, 0.2) is 0 Å². The Labute approximate surface area is 120 Å². The Morgan fingerprint density at radius 2 is 1.33 bits per heavy atom. The topological polar surface area (TPSA) is 37.3 Å². The maximum absolute atomic E-state index is 10.3. The minimum Gasteiger partial charge on any atom is -0.481 e. The van der Waals surface area contributed by atoms with Crippen molar-refractivity contribution < 1.29 is 9.90 Å². The number of rotatable bonds is 13. The van der Waals surface area contributed by atoms with Gasteiger partial charge in [0.05, 0.1) is 0 Å². The molecule has 0 aromatic carbocycles. The molecule has 0 radical (unpaired) electrons. The lowest BCUT2D eigenvalue weighted by Crippen LogP contribution is -1.91. The third-order valence-corrected chi connectivity index (χ3v) is 3.51. The molecular formula is C15H27BrO2. The van der Waals surface area contributed by atoms with Crippen molar-refractivity contribution in [1.82, 2.24) is 0 Å². The van der Waals surface area contributed by atoms with Gasteiger partial charge in [-0.1, -0.05) is 66.6 Å². The van der Waals surface area contributed by atoms with Gasteiger partial charge < -0.3 is 5.11 Å². The van der Waals surface area contributed by atoms with Gasteiger partial charge in [0, 0.05) is 11.8 Å². The van der Waals surface area contributed by atoms with Crippen LogP contribution in [0.4, 0.5) is 0 Å². The normalized spacial score (nSPS) is 11.2. The van der Waals surface area contributed by atoms with Crippen molar-refractivity contribution in [3.05, 3.63) is 12.2 Å². The van der Waals surface area contributed by atoms with Gasteiger partial charge in [0.1, 0.15) is 0 Å². The zero-order chi connectivity index (χ0) is 13.5.